The Morgan fingerprint density at radius 1 is 1.48 bits per heavy atom. The Labute approximate surface area is 133 Å². The lowest BCUT2D eigenvalue weighted by molar-refractivity contribution is -0.149. The van der Waals surface area contributed by atoms with E-state index in [4.69, 9.17) is 16.3 Å². The monoisotopic (exact) mass is 351 g/mol. The number of hydrogen-bond donors (Lipinski definition) is 0. The third-order valence-corrected chi connectivity index (χ3v) is 7.17. The predicted molar refractivity (Wildman–Crippen MR) is 82.1 cm³/mol. The molecule has 2 rings (SSSR count). The van der Waals surface area contributed by atoms with Gasteiger partial charge in [0, 0.05) is 6.04 Å². The van der Waals surface area contributed by atoms with Crippen molar-refractivity contribution in [2.75, 3.05) is 6.61 Å². The average Bonchev–Trinajstić information content (AvgIpc) is 3.03. The molecule has 1 aliphatic carbocycles. The van der Waals surface area contributed by atoms with Crippen molar-refractivity contribution in [3.63, 3.8) is 0 Å². The van der Waals surface area contributed by atoms with Gasteiger partial charge in [0.15, 0.2) is 0 Å². The van der Waals surface area contributed by atoms with E-state index in [1.807, 2.05) is 0 Å². The minimum atomic E-state index is -3.77. The molecule has 1 aromatic heterocycles. The zero-order valence-corrected chi connectivity index (χ0v) is 14.5. The van der Waals surface area contributed by atoms with E-state index in [-0.39, 0.29) is 16.9 Å². The molecule has 1 fully saturated rings. The summed E-state index contributed by atoms with van der Waals surface area (Å²) in [6.07, 6.45) is 0.977. The van der Waals surface area contributed by atoms with E-state index in [1.54, 1.807) is 26.8 Å². The van der Waals surface area contributed by atoms with Crippen LogP contribution in [-0.4, -0.2) is 36.9 Å². The highest BCUT2D eigenvalue weighted by Gasteiger charge is 2.61. The molecule has 1 heterocycles. The lowest BCUT2D eigenvalue weighted by Gasteiger charge is -2.32. The Morgan fingerprint density at radius 2 is 2.10 bits per heavy atom. The van der Waals surface area contributed by atoms with Gasteiger partial charge in [-0.05, 0) is 45.7 Å². The van der Waals surface area contributed by atoms with Crippen LogP contribution < -0.4 is 0 Å². The van der Waals surface area contributed by atoms with E-state index in [9.17, 15) is 13.2 Å². The molecule has 0 spiro atoms. The number of ether oxygens (including phenoxy) is 1. The Kier molecular flexibility index (Phi) is 4.68. The van der Waals surface area contributed by atoms with Crippen LogP contribution in [-0.2, 0) is 19.6 Å². The van der Waals surface area contributed by atoms with E-state index >= 15 is 0 Å². The summed E-state index contributed by atoms with van der Waals surface area (Å²) in [6, 6.07) is 2.67. The Balaban J connectivity index is 2.43. The van der Waals surface area contributed by atoms with Gasteiger partial charge in [0.05, 0.1) is 10.9 Å². The highest BCUT2D eigenvalue weighted by Crippen LogP contribution is 2.47. The van der Waals surface area contributed by atoms with E-state index in [1.165, 1.54) is 10.4 Å². The molecule has 118 valence electrons. The zero-order valence-electron chi connectivity index (χ0n) is 12.1. The second-order valence-electron chi connectivity index (χ2n) is 5.21. The molecule has 1 saturated carbocycles. The Morgan fingerprint density at radius 3 is 2.48 bits per heavy atom. The molecule has 1 aliphatic rings. The van der Waals surface area contributed by atoms with Crippen molar-refractivity contribution in [1.82, 2.24) is 4.31 Å². The van der Waals surface area contributed by atoms with E-state index in [0.29, 0.717) is 17.2 Å². The van der Waals surface area contributed by atoms with Gasteiger partial charge in [0.1, 0.15) is 9.75 Å². The molecule has 0 saturated heterocycles. The number of sulfonamides is 1. The van der Waals surface area contributed by atoms with Crippen LogP contribution in [0.15, 0.2) is 16.3 Å². The fraction of sp³-hybridized carbons (Fsp3) is 0.615. The zero-order chi connectivity index (χ0) is 15.8. The summed E-state index contributed by atoms with van der Waals surface area (Å²) >= 11 is 6.83. The maximum absolute atomic E-state index is 12.9. The minimum Gasteiger partial charge on any atom is -0.465 e. The molecular weight excluding hydrogens is 334 g/mol. The first-order valence-electron chi connectivity index (χ1n) is 6.73. The van der Waals surface area contributed by atoms with Crippen LogP contribution in [0.2, 0.25) is 4.34 Å². The van der Waals surface area contributed by atoms with Gasteiger partial charge in [-0.25, -0.2) is 8.42 Å². The smallest absolute Gasteiger partial charge is 0.327 e. The molecule has 8 heteroatoms. The lowest BCUT2D eigenvalue weighted by Crippen LogP contribution is -2.51. The number of hydrogen-bond acceptors (Lipinski definition) is 5. The average molecular weight is 352 g/mol. The SMILES string of the molecule is CCOC(=O)C1(N(C(C)C)S(=O)(=O)c2ccc(Cl)s2)CC1. The summed E-state index contributed by atoms with van der Waals surface area (Å²) in [5, 5.41) is 0. The minimum absolute atomic E-state index is 0.150. The third kappa shape index (κ3) is 2.97. The fourth-order valence-electron chi connectivity index (χ4n) is 2.43. The van der Waals surface area contributed by atoms with Crippen molar-refractivity contribution >= 4 is 38.9 Å². The number of thiophene rings is 1. The number of carbonyl (C=O) groups excluding carboxylic acids is 1. The molecule has 0 amide bonds. The molecular formula is C13H18ClNO4S2. The standard InChI is InChI=1S/C13H18ClNO4S2/c1-4-19-12(16)13(7-8-13)15(9(2)3)21(17,18)11-6-5-10(14)20-11/h5-6,9H,4,7-8H2,1-3H3. The second-order valence-corrected chi connectivity index (χ2v) is 8.96. The summed E-state index contributed by atoms with van der Waals surface area (Å²) < 4.78 is 32.6. The molecule has 1 aromatic rings. The maximum atomic E-state index is 12.9. The van der Waals surface area contributed by atoms with Crippen LogP contribution in [0, 0.1) is 0 Å². The van der Waals surface area contributed by atoms with Crippen LogP contribution in [0.3, 0.4) is 0 Å². The third-order valence-electron chi connectivity index (χ3n) is 3.33. The number of nitrogens with zero attached hydrogens (tertiary/aromatic N) is 1. The molecule has 0 unspecified atom stereocenters. The van der Waals surface area contributed by atoms with Gasteiger partial charge in [-0.1, -0.05) is 11.6 Å². The summed E-state index contributed by atoms with van der Waals surface area (Å²) in [5.41, 5.74) is -1.06. The van der Waals surface area contributed by atoms with Crippen molar-refractivity contribution < 1.29 is 17.9 Å². The molecule has 0 N–H and O–H groups in total. The number of esters is 1. The maximum Gasteiger partial charge on any atom is 0.327 e. The number of carbonyl (C=O) groups is 1. The largest absolute Gasteiger partial charge is 0.465 e. The first kappa shape index (κ1) is 16.7. The Hall–Kier alpha value is -0.630. The van der Waals surface area contributed by atoms with Gasteiger partial charge in [-0.2, -0.15) is 4.31 Å². The lowest BCUT2D eigenvalue weighted by atomic mass is 10.2. The molecule has 0 aliphatic heterocycles. The number of halogens is 1. The van der Waals surface area contributed by atoms with Crippen LogP contribution >= 0.6 is 22.9 Å². The van der Waals surface area contributed by atoms with Crippen molar-refractivity contribution in [1.29, 1.82) is 0 Å². The van der Waals surface area contributed by atoms with Crippen LogP contribution in [0.5, 0.6) is 0 Å². The quantitative estimate of drug-likeness (QED) is 0.739. The van der Waals surface area contributed by atoms with Gasteiger partial charge in [0.2, 0.25) is 0 Å². The summed E-state index contributed by atoms with van der Waals surface area (Å²) in [4.78, 5) is 12.2. The van der Waals surface area contributed by atoms with E-state index < -0.39 is 21.5 Å². The normalized spacial score (nSPS) is 17.2. The van der Waals surface area contributed by atoms with Gasteiger partial charge in [0.25, 0.3) is 10.0 Å². The van der Waals surface area contributed by atoms with E-state index in [0.717, 1.165) is 11.3 Å². The van der Waals surface area contributed by atoms with Crippen LogP contribution in [0.1, 0.15) is 33.6 Å². The molecule has 5 nitrogen and oxygen atoms in total. The summed E-state index contributed by atoms with van der Waals surface area (Å²) in [6.45, 7) is 5.46. The number of rotatable bonds is 6. The molecule has 0 bridgehead atoms. The summed E-state index contributed by atoms with van der Waals surface area (Å²) in [5.74, 6) is -0.468. The first-order chi connectivity index (χ1) is 9.75. The fourth-order valence-corrected chi connectivity index (χ4v) is 5.99. The molecule has 0 atom stereocenters. The summed E-state index contributed by atoms with van der Waals surface area (Å²) in [7, 11) is -3.77. The van der Waals surface area contributed by atoms with Crippen LogP contribution in [0.4, 0.5) is 0 Å². The topological polar surface area (TPSA) is 63.7 Å². The van der Waals surface area contributed by atoms with E-state index in [2.05, 4.69) is 0 Å². The van der Waals surface area contributed by atoms with Gasteiger partial charge in [-0.15, -0.1) is 11.3 Å². The second kappa shape index (κ2) is 5.87. The highest BCUT2D eigenvalue weighted by atomic mass is 35.5. The van der Waals surface area contributed by atoms with Crippen molar-refractivity contribution in [3.05, 3.63) is 16.5 Å². The first-order valence-corrected chi connectivity index (χ1v) is 9.36. The van der Waals surface area contributed by atoms with Gasteiger partial charge in [-0.3, -0.25) is 4.79 Å². The van der Waals surface area contributed by atoms with Crippen LogP contribution in [0.25, 0.3) is 0 Å². The molecule has 0 aromatic carbocycles. The molecule has 21 heavy (non-hydrogen) atoms. The molecule has 0 radical (unpaired) electrons. The Bertz CT molecular complexity index is 634. The highest BCUT2D eigenvalue weighted by molar-refractivity contribution is 7.91. The van der Waals surface area contributed by atoms with Crippen molar-refractivity contribution in [2.45, 2.75) is 49.4 Å². The predicted octanol–water partition coefficient (Wildman–Crippen LogP) is 2.90. The van der Waals surface area contributed by atoms with Gasteiger partial charge < -0.3 is 4.74 Å². The van der Waals surface area contributed by atoms with Gasteiger partial charge >= 0.3 is 5.97 Å². The van der Waals surface area contributed by atoms with Crippen molar-refractivity contribution in [3.8, 4) is 0 Å². The van der Waals surface area contributed by atoms with Crippen molar-refractivity contribution in [2.24, 2.45) is 0 Å².